The molecule has 0 heterocycles. The van der Waals surface area contributed by atoms with Crippen LogP contribution in [-0.4, -0.2) is 54.0 Å². The van der Waals surface area contributed by atoms with Gasteiger partial charge in [0.15, 0.2) is 0 Å². The van der Waals surface area contributed by atoms with Crippen molar-refractivity contribution < 1.29 is 9.79 Å². The van der Waals surface area contributed by atoms with Gasteiger partial charge in [0.1, 0.15) is 0 Å². The summed E-state index contributed by atoms with van der Waals surface area (Å²) in [4.78, 5) is 15.7. The van der Waals surface area contributed by atoms with Crippen LogP contribution in [0.5, 0.6) is 0 Å². The van der Waals surface area contributed by atoms with Crippen LogP contribution in [0, 0.1) is 0 Å². The van der Waals surface area contributed by atoms with Crippen LogP contribution in [0.1, 0.15) is 90.9 Å². The van der Waals surface area contributed by atoms with Crippen LogP contribution in [0.25, 0.3) is 0 Å². The average Bonchev–Trinajstić information content (AvgIpc) is 2.42. The maximum Gasteiger partial charge on any atom is 0.239 e. The summed E-state index contributed by atoms with van der Waals surface area (Å²) < 4.78 is 3.42. The van der Waals surface area contributed by atoms with Gasteiger partial charge in [0.2, 0.25) is 5.69 Å². The molecular weight excluding hydrogens is 457 g/mol. The van der Waals surface area contributed by atoms with E-state index in [0.717, 1.165) is 0 Å². The van der Waals surface area contributed by atoms with Crippen molar-refractivity contribution in [2.75, 3.05) is 0 Å². The van der Waals surface area contributed by atoms with E-state index >= 15 is 0 Å². The number of hydrogen-bond acceptors (Lipinski definition) is 1. The topological polar surface area (TPSA) is 40.5 Å². The molecule has 0 aromatic rings. The summed E-state index contributed by atoms with van der Waals surface area (Å²) in [7, 11) is 0. The molecule has 0 unspecified atom stereocenters. The molecule has 132 valence electrons. The molecule has 0 atom stereocenters. The Kier molecular flexibility index (Phi) is 26.2. The van der Waals surface area contributed by atoms with Gasteiger partial charge in [-0.25, -0.2) is 0 Å². The van der Waals surface area contributed by atoms with Crippen LogP contribution >= 0.6 is 17.9 Å². The minimum absolute atomic E-state index is 0.361. The molecule has 0 amide bonds. The van der Waals surface area contributed by atoms with Gasteiger partial charge < -0.3 is 9.79 Å². The van der Waals surface area contributed by atoms with Gasteiger partial charge in [0.25, 0.3) is 0 Å². The van der Waals surface area contributed by atoms with Gasteiger partial charge >= 0.3 is 137 Å². The fourth-order valence-electron chi connectivity index (χ4n) is 2.44. The van der Waals surface area contributed by atoms with Crippen molar-refractivity contribution in [3.05, 3.63) is 0 Å². The second-order valence-corrected chi connectivity index (χ2v) is 17.8. The van der Waals surface area contributed by atoms with Crippen LogP contribution in [-0.2, 0) is 11.8 Å². The molecule has 0 aliphatic carbocycles. The smallest absolute Gasteiger partial charge is 0.239 e. The van der Waals surface area contributed by atoms with Crippen LogP contribution in [0.2, 0.25) is 1.78 Å². The first-order valence-electron chi connectivity index (χ1n) is 9.20. The maximum absolute atomic E-state index is 7.87. The van der Waals surface area contributed by atoms with Crippen molar-refractivity contribution in [3.8, 4) is 0 Å². The van der Waals surface area contributed by atoms with Gasteiger partial charge in [-0.2, -0.15) is 0 Å². The van der Waals surface area contributed by atoms with Gasteiger partial charge in [0, 0.05) is 0 Å². The molecule has 0 aliphatic heterocycles. The minimum atomic E-state index is -3.11. The van der Waals surface area contributed by atoms with Crippen molar-refractivity contribution in [2.24, 2.45) is 0 Å². The Labute approximate surface area is 174 Å². The third kappa shape index (κ3) is 38.2. The quantitative estimate of drug-likeness (QED) is 0.114. The van der Waals surface area contributed by atoms with Crippen molar-refractivity contribution in [1.82, 2.24) is 0 Å². The van der Waals surface area contributed by atoms with Crippen LogP contribution < -0.4 is 0 Å². The molecule has 0 rings (SSSR count). The van der Waals surface area contributed by atoms with Crippen molar-refractivity contribution in [1.29, 1.82) is 0 Å². The predicted octanol–water partition coefficient (Wildman–Crippen LogP) is 6.37. The fraction of sp³-hybridized carbons (Fsp3) is 1.00. The third-order valence-electron chi connectivity index (χ3n) is 3.71. The summed E-state index contributed by atoms with van der Waals surface area (Å²) in [6, 6.07) is 0. The molecule has 0 fully saturated rings. The fourth-order valence-corrected chi connectivity index (χ4v) is 8.00. The molecule has 2 N–H and O–H groups in total. The van der Waals surface area contributed by atoms with Crippen molar-refractivity contribution in [3.63, 3.8) is 0 Å². The molecule has 0 saturated carbocycles. The van der Waals surface area contributed by atoms with E-state index < -0.39 is 5.69 Å². The van der Waals surface area contributed by atoms with E-state index in [0.29, 0.717) is 0 Å². The normalized spacial score (nSPS) is 10.8. The first kappa shape index (κ1) is 26.7. The van der Waals surface area contributed by atoms with Crippen molar-refractivity contribution in [2.45, 2.75) is 92.7 Å². The van der Waals surface area contributed by atoms with E-state index in [1.165, 1.54) is 64.2 Å². The van der Waals surface area contributed by atoms with E-state index in [2.05, 4.69) is 37.9 Å². The molecule has 0 saturated heterocycles. The Bertz CT molecular complexity index is 228. The van der Waals surface area contributed by atoms with Crippen molar-refractivity contribution >= 4 is 73.9 Å². The number of hydrogen-bond donors (Lipinski definition) is 3. The minimum Gasteiger partial charge on any atom is -0.338 e. The summed E-state index contributed by atoms with van der Waals surface area (Å²) in [5, 5.41) is 0. The Morgan fingerprint density at radius 3 is 1.32 bits per heavy atom. The molecule has 0 aromatic carbocycles. The van der Waals surface area contributed by atoms with Gasteiger partial charge in [0.05, 0.1) is 0 Å². The molecular formula is C16H37BaO2PS2. The molecule has 6 heteroatoms. The largest absolute Gasteiger partial charge is 0.338 e. The third-order valence-corrected chi connectivity index (χ3v) is 9.99. The summed E-state index contributed by atoms with van der Waals surface area (Å²) in [5.74, 6) is 0. The first-order chi connectivity index (χ1) is 10.4. The van der Waals surface area contributed by atoms with Crippen LogP contribution in [0.3, 0.4) is 0 Å². The monoisotopic (exact) mass is 494 g/mol. The molecule has 0 aliphatic rings. The second kappa shape index (κ2) is 21.5. The zero-order valence-corrected chi connectivity index (χ0v) is 21.8. The Balaban J connectivity index is 0. The van der Waals surface area contributed by atoms with Gasteiger partial charge in [-0.1, -0.05) is 12.2 Å². The van der Waals surface area contributed by atoms with E-state index in [1.807, 2.05) is 0 Å². The Hall–Kier alpha value is 2.49. The van der Waals surface area contributed by atoms with E-state index in [9.17, 15) is 0 Å². The Morgan fingerprint density at radius 1 is 0.727 bits per heavy atom. The van der Waals surface area contributed by atoms with Gasteiger partial charge in [-0.05, 0) is 11.8 Å². The van der Waals surface area contributed by atoms with E-state index in [1.54, 1.807) is 14.6 Å². The molecule has 22 heavy (non-hydrogen) atoms. The molecule has 2 nitrogen and oxygen atoms in total. The standard InChI is InChI=1S/2C8H17.Ba.H3O2PS2/c2*1-3-5-7-8-6-4-2;;1-3(2,4)5/h2*1,3-8H2,2H3;;(H3,1,2,4,5). The number of thiol groups is 1. The van der Waals surface area contributed by atoms with Crippen LogP contribution in [0.15, 0.2) is 0 Å². The maximum atomic E-state index is 7.87. The number of rotatable bonds is 14. The zero-order valence-electron chi connectivity index (χ0n) is 14.8. The van der Waals surface area contributed by atoms with E-state index in [-0.39, 0.29) is 44.2 Å². The molecule has 0 spiro atoms. The van der Waals surface area contributed by atoms with Gasteiger partial charge in [-0.3, -0.25) is 0 Å². The van der Waals surface area contributed by atoms with Gasteiger partial charge in [-0.15, -0.1) is 0 Å². The predicted molar refractivity (Wildman–Crippen MR) is 110 cm³/mol. The van der Waals surface area contributed by atoms with E-state index in [4.69, 9.17) is 9.79 Å². The molecule has 0 aromatic heterocycles. The molecule has 0 bridgehead atoms. The summed E-state index contributed by atoms with van der Waals surface area (Å²) in [5.41, 5.74) is -3.11. The number of unbranched alkanes of at least 4 members (excludes halogenated alkanes) is 10. The summed E-state index contributed by atoms with van der Waals surface area (Å²) in [6.07, 6.45) is 17.9. The SMILES string of the molecule is CCCCCCC[CH2][Ba][CH2]CCCCCCC.OP(O)(=S)S. The molecule has 0 radical (unpaired) electrons. The zero-order chi connectivity index (χ0) is 17.1. The summed E-state index contributed by atoms with van der Waals surface area (Å²) >= 11 is 6.71. The second-order valence-electron chi connectivity index (χ2n) is 6.11. The first-order valence-corrected chi connectivity index (χ1v) is 19.3. The Morgan fingerprint density at radius 2 is 1.00 bits per heavy atom. The average molecular weight is 494 g/mol. The summed E-state index contributed by atoms with van der Waals surface area (Å²) in [6.45, 7) is 4.61. The van der Waals surface area contributed by atoms with Crippen LogP contribution in [0.4, 0.5) is 0 Å².